The van der Waals surface area contributed by atoms with E-state index in [1.165, 1.54) is 50.3 Å². The van der Waals surface area contributed by atoms with E-state index in [-0.39, 0.29) is 0 Å². The summed E-state index contributed by atoms with van der Waals surface area (Å²) in [4.78, 5) is 0. The van der Waals surface area contributed by atoms with Crippen molar-refractivity contribution in [2.24, 2.45) is 0 Å². The quantitative estimate of drug-likeness (QED) is 0.289. The fourth-order valence-corrected chi connectivity index (χ4v) is 6.83. The average Bonchev–Trinajstić information content (AvgIpc) is 3.03. The maximum Gasteiger partial charge on any atom is 0.122 e. The molecule has 1 aromatic heterocycles. The predicted octanol–water partition coefficient (Wildman–Crippen LogP) is 8.16. The first-order valence-corrected chi connectivity index (χ1v) is 11.8. The minimum atomic E-state index is -0.564. The number of rotatable bonds is 7. The summed E-state index contributed by atoms with van der Waals surface area (Å²) < 4.78 is 11.8. The van der Waals surface area contributed by atoms with Crippen molar-refractivity contribution in [2.75, 3.05) is 13.7 Å². The van der Waals surface area contributed by atoms with Gasteiger partial charge in [-0.05, 0) is 71.7 Å². The number of methoxy groups -OCH3 is 1. The molecule has 0 aliphatic heterocycles. The monoisotopic (exact) mass is 404 g/mol. The van der Waals surface area contributed by atoms with Crippen LogP contribution < -0.4 is 9.47 Å². The molecule has 1 unspecified atom stereocenters. The summed E-state index contributed by atoms with van der Waals surface area (Å²) in [6.07, 6.45) is 3.52. The molecule has 0 bridgehead atoms. The second-order valence-electron chi connectivity index (χ2n) is 7.70. The number of benzene rings is 3. The van der Waals surface area contributed by atoms with Crippen LogP contribution in [0.1, 0.15) is 37.3 Å². The molecule has 29 heavy (non-hydrogen) atoms. The molecule has 0 aliphatic rings. The first-order valence-electron chi connectivity index (χ1n) is 10.5. The van der Waals surface area contributed by atoms with Crippen LogP contribution in [-0.2, 0) is 0 Å². The van der Waals surface area contributed by atoms with E-state index < -0.39 is 7.53 Å². The molecule has 0 radical (unpaired) electrons. The van der Waals surface area contributed by atoms with Crippen LogP contribution in [0.15, 0.2) is 54.6 Å². The molecule has 3 aromatic carbocycles. The molecule has 0 saturated heterocycles. The molecule has 0 N–H and O–H groups in total. The lowest BCUT2D eigenvalue weighted by atomic mass is 10.1. The van der Waals surface area contributed by atoms with Crippen LogP contribution in [0, 0.1) is 13.8 Å². The van der Waals surface area contributed by atoms with Gasteiger partial charge in [0.25, 0.3) is 0 Å². The van der Waals surface area contributed by atoms with Crippen LogP contribution >= 0.6 is 7.53 Å². The number of unbranched alkanes of at least 4 members (excludes halogenated alkanes) is 2. The SMILES string of the molecule is CCCCCOc1cc2c3cc(OC)c(C)cc3p(-c3ccccc3)c2cc1C. The first-order chi connectivity index (χ1) is 14.1. The number of hydrogen-bond donors (Lipinski definition) is 0. The third-order valence-electron chi connectivity index (χ3n) is 5.60. The van der Waals surface area contributed by atoms with Crippen molar-refractivity contribution in [1.29, 1.82) is 0 Å². The minimum Gasteiger partial charge on any atom is -0.496 e. The molecule has 1 heterocycles. The van der Waals surface area contributed by atoms with Gasteiger partial charge in [-0.3, -0.25) is 0 Å². The molecule has 3 heteroatoms. The Morgan fingerprint density at radius 1 is 0.793 bits per heavy atom. The molecule has 0 fully saturated rings. The van der Waals surface area contributed by atoms with Crippen molar-refractivity contribution in [3.05, 3.63) is 65.7 Å². The maximum atomic E-state index is 6.18. The zero-order valence-electron chi connectivity index (χ0n) is 17.8. The van der Waals surface area contributed by atoms with Crippen LogP contribution in [0.4, 0.5) is 0 Å². The van der Waals surface area contributed by atoms with Gasteiger partial charge in [-0.25, -0.2) is 0 Å². The summed E-state index contributed by atoms with van der Waals surface area (Å²) in [6.45, 7) is 7.31. The molecule has 0 aliphatic carbocycles. The number of hydrogen-bond acceptors (Lipinski definition) is 2. The Balaban J connectivity index is 1.95. The molecule has 4 rings (SSSR count). The standard InChI is InChI=1S/C26H29O2P/c1-5-6-10-13-28-24-17-22-21-16-23(27-4)18(2)14-25(21)29(26(22)15-19(24)3)20-11-8-7-9-12-20/h7-9,11-12,14-17H,5-6,10,13H2,1-4H3. The Hall–Kier alpha value is -2.44. The lowest BCUT2D eigenvalue weighted by Gasteiger charge is -2.10. The van der Waals surface area contributed by atoms with Gasteiger partial charge in [0.2, 0.25) is 0 Å². The highest BCUT2D eigenvalue weighted by molar-refractivity contribution is 7.67. The van der Waals surface area contributed by atoms with E-state index in [0.29, 0.717) is 0 Å². The van der Waals surface area contributed by atoms with Gasteiger partial charge in [0, 0.05) is 10.2 Å². The zero-order valence-corrected chi connectivity index (χ0v) is 18.7. The third-order valence-corrected chi connectivity index (χ3v) is 8.12. The average molecular weight is 404 g/mol. The van der Waals surface area contributed by atoms with E-state index in [1.807, 2.05) is 0 Å². The van der Waals surface area contributed by atoms with Crippen molar-refractivity contribution >= 4 is 28.5 Å². The highest BCUT2D eigenvalue weighted by Crippen LogP contribution is 2.56. The largest absolute Gasteiger partial charge is 0.496 e. The molecule has 150 valence electrons. The second kappa shape index (κ2) is 8.51. The maximum absolute atomic E-state index is 6.18. The Labute approximate surface area is 174 Å². The van der Waals surface area contributed by atoms with Gasteiger partial charge in [0.15, 0.2) is 0 Å². The van der Waals surface area contributed by atoms with E-state index in [0.717, 1.165) is 24.5 Å². The zero-order chi connectivity index (χ0) is 20.4. The Bertz CT molecular complexity index is 1140. The summed E-state index contributed by atoms with van der Waals surface area (Å²) in [5.74, 6) is 1.96. The van der Waals surface area contributed by atoms with Gasteiger partial charge >= 0.3 is 0 Å². The molecule has 0 amide bonds. The summed E-state index contributed by atoms with van der Waals surface area (Å²) in [5, 5.41) is 6.82. The van der Waals surface area contributed by atoms with Crippen molar-refractivity contribution in [1.82, 2.24) is 0 Å². The van der Waals surface area contributed by atoms with Gasteiger partial charge < -0.3 is 9.47 Å². The lowest BCUT2D eigenvalue weighted by Crippen LogP contribution is -1.98. The van der Waals surface area contributed by atoms with E-state index >= 15 is 0 Å². The number of aryl methyl sites for hydroxylation is 2. The Morgan fingerprint density at radius 2 is 1.41 bits per heavy atom. The molecular formula is C26H29O2P. The fourth-order valence-electron chi connectivity index (χ4n) is 4.04. The van der Waals surface area contributed by atoms with Crippen LogP contribution in [0.5, 0.6) is 11.5 Å². The molecule has 4 aromatic rings. The Kier molecular flexibility index (Phi) is 5.83. The van der Waals surface area contributed by atoms with Crippen molar-refractivity contribution < 1.29 is 9.47 Å². The van der Waals surface area contributed by atoms with E-state index in [2.05, 4.69) is 75.4 Å². The molecule has 2 nitrogen and oxygen atoms in total. The minimum absolute atomic E-state index is 0.564. The van der Waals surface area contributed by atoms with Crippen molar-refractivity contribution in [3.8, 4) is 16.8 Å². The van der Waals surface area contributed by atoms with E-state index in [1.54, 1.807) is 7.11 Å². The molecule has 0 spiro atoms. The van der Waals surface area contributed by atoms with Crippen LogP contribution in [-0.4, -0.2) is 13.7 Å². The van der Waals surface area contributed by atoms with Gasteiger partial charge in [-0.1, -0.05) is 57.6 Å². The van der Waals surface area contributed by atoms with E-state index in [9.17, 15) is 0 Å². The fraction of sp³-hybridized carbons (Fsp3) is 0.308. The van der Waals surface area contributed by atoms with Crippen molar-refractivity contribution in [3.63, 3.8) is 0 Å². The summed E-state index contributed by atoms with van der Waals surface area (Å²) in [6, 6.07) is 20.0. The van der Waals surface area contributed by atoms with Gasteiger partial charge in [-0.2, -0.15) is 0 Å². The number of ether oxygens (including phenoxy) is 2. The molecular weight excluding hydrogens is 375 g/mol. The summed E-state index contributed by atoms with van der Waals surface area (Å²) in [5.41, 5.74) is 2.41. The smallest absolute Gasteiger partial charge is 0.122 e. The van der Waals surface area contributed by atoms with Crippen molar-refractivity contribution in [2.45, 2.75) is 40.0 Å². The second-order valence-corrected chi connectivity index (χ2v) is 9.85. The van der Waals surface area contributed by atoms with Gasteiger partial charge in [0.1, 0.15) is 11.5 Å². The van der Waals surface area contributed by atoms with Gasteiger partial charge in [-0.15, -0.1) is 0 Å². The lowest BCUT2D eigenvalue weighted by molar-refractivity contribution is 0.305. The van der Waals surface area contributed by atoms with Crippen LogP contribution in [0.3, 0.4) is 0 Å². The molecule has 0 saturated carbocycles. The highest BCUT2D eigenvalue weighted by Gasteiger charge is 2.17. The summed E-state index contributed by atoms with van der Waals surface area (Å²) >= 11 is 0. The molecule has 1 atom stereocenters. The highest BCUT2D eigenvalue weighted by atomic mass is 31.1. The predicted molar refractivity (Wildman–Crippen MR) is 127 cm³/mol. The van der Waals surface area contributed by atoms with Crippen LogP contribution in [0.2, 0.25) is 0 Å². The first kappa shape index (κ1) is 19.9. The number of fused-ring (bicyclic) bond motifs is 3. The Morgan fingerprint density at radius 3 is 2.03 bits per heavy atom. The third kappa shape index (κ3) is 3.74. The van der Waals surface area contributed by atoms with E-state index in [4.69, 9.17) is 9.47 Å². The topological polar surface area (TPSA) is 18.5 Å². The summed E-state index contributed by atoms with van der Waals surface area (Å²) in [7, 11) is 1.19. The van der Waals surface area contributed by atoms with Crippen LogP contribution in [0.25, 0.3) is 26.3 Å². The van der Waals surface area contributed by atoms with Gasteiger partial charge in [0.05, 0.1) is 13.7 Å². The normalized spacial score (nSPS) is 11.9.